The van der Waals surface area contributed by atoms with Crippen molar-refractivity contribution >= 4 is 0 Å². The van der Waals surface area contributed by atoms with E-state index in [9.17, 15) is 5.11 Å². The molecule has 0 bridgehead atoms. The molecule has 1 aliphatic heterocycles. The third-order valence-electron chi connectivity index (χ3n) is 3.18. The van der Waals surface area contributed by atoms with Crippen LogP contribution in [0.4, 0.5) is 0 Å². The van der Waals surface area contributed by atoms with E-state index in [-0.39, 0.29) is 6.61 Å². The lowest BCUT2D eigenvalue weighted by atomic mass is 9.98. The summed E-state index contributed by atoms with van der Waals surface area (Å²) in [5.41, 5.74) is 1.14. The van der Waals surface area contributed by atoms with Crippen LogP contribution in [-0.2, 0) is 6.54 Å². The second kappa shape index (κ2) is 5.32. The number of phenolic OH excluding ortho intramolecular Hbond substituents is 1. The number of phenols is 1. The largest absolute Gasteiger partial charge is 0.508 e. The maximum absolute atomic E-state index is 9.38. The Morgan fingerprint density at radius 1 is 1.38 bits per heavy atom. The molecule has 16 heavy (non-hydrogen) atoms. The predicted octanol–water partition coefficient (Wildman–Crippen LogP) is 1.60. The van der Waals surface area contributed by atoms with Crippen LogP contribution in [0.5, 0.6) is 5.75 Å². The summed E-state index contributed by atoms with van der Waals surface area (Å²) < 4.78 is 0. The van der Waals surface area contributed by atoms with Crippen molar-refractivity contribution in [3.63, 3.8) is 0 Å². The Morgan fingerprint density at radius 2 is 2.25 bits per heavy atom. The third-order valence-corrected chi connectivity index (χ3v) is 3.18. The van der Waals surface area contributed by atoms with E-state index in [1.165, 1.54) is 0 Å². The Kier molecular flexibility index (Phi) is 3.80. The summed E-state index contributed by atoms with van der Waals surface area (Å²) in [5, 5.41) is 18.5. The lowest BCUT2D eigenvalue weighted by molar-refractivity contribution is 0.116. The van der Waals surface area contributed by atoms with Crippen LogP contribution in [0.2, 0.25) is 0 Å². The summed E-state index contributed by atoms with van der Waals surface area (Å²) in [6.45, 7) is 3.21. The molecule has 1 atom stereocenters. The van der Waals surface area contributed by atoms with Crippen LogP contribution in [-0.4, -0.2) is 34.8 Å². The third kappa shape index (κ3) is 2.97. The van der Waals surface area contributed by atoms with E-state index in [0.717, 1.165) is 38.0 Å². The number of likely N-dealkylation sites (tertiary alicyclic amines) is 1. The molecule has 88 valence electrons. The Balaban J connectivity index is 1.94. The number of aliphatic hydroxyl groups excluding tert-OH is 1. The van der Waals surface area contributed by atoms with Gasteiger partial charge in [-0.05, 0) is 43.0 Å². The van der Waals surface area contributed by atoms with Crippen molar-refractivity contribution in [1.29, 1.82) is 0 Å². The minimum atomic E-state index is 0.288. The van der Waals surface area contributed by atoms with E-state index in [2.05, 4.69) is 4.90 Å². The van der Waals surface area contributed by atoms with Crippen molar-refractivity contribution in [1.82, 2.24) is 4.90 Å². The van der Waals surface area contributed by atoms with Gasteiger partial charge in [0, 0.05) is 19.7 Å². The Labute approximate surface area is 96.3 Å². The van der Waals surface area contributed by atoms with Crippen molar-refractivity contribution < 1.29 is 10.2 Å². The summed E-state index contributed by atoms with van der Waals surface area (Å²) in [5.74, 6) is 0.749. The zero-order valence-corrected chi connectivity index (χ0v) is 9.47. The van der Waals surface area contributed by atoms with E-state index >= 15 is 0 Å². The van der Waals surface area contributed by atoms with Gasteiger partial charge in [-0.15, -0.1) is 0 Å². The van der Waals surface area contributed by atoms with Gasteiger partial charge in [-0.25, -0.2) is 0 Å². The van der Waals surface area contributed by atoms with Gasteiger partial charge in [-0.2, -0.15) is 0 Å². The van der Waals surface area contributed by atoms with Gasteiger partial charge >= 0.3 is 0 Å². The summed E-state index contributed by atoms with van der Waals surface area (Å²) >= 11 is 0. The van der Waals surface area contributed by atoms with Gasteiger partial charge in [0.25, 0.3) is 0 Å². The van der Waals surface area contributed by atoms with Gasteiger partial charge in [0.1, 0.15) is 5.75 Å². The quantitative estimate of drug-likeness (QED) is 0.814. The fourth-order valence-electron chi connectivity index (χ4n) is 2.36. The lowest BCUT2D eigenvalue weighted by Gasteiger charge is -2.31. The molecule has 1 heterocycles. The van der Waals surface area contributed by atoms with Gasteiger partial charge in [-0.1, -0.05) is 12.1 Å². The van der Waals surface area contributed by atoms with E-state index in [1.807, 2.05) is 18.2 Å². The monoisotopic (exact) mass is 221 g/mol. The first-order valence-corrected chi connectivity index (χ1v) is 5.89. The van der Waals surface area contributed by atoms with Crippen LogP contribution >= 0.6 is 0 Å². The molecule has 2 N–H and O–H groups in total. The molecule has 0 radical (unpaired) electrons. The van der Waals surface area contributed by atoms with E-state index in [1.54, 1.807) is 6.07 Å². The molecule has 1 saturated heterocycles. The topological polar surface area (TPSA) is 43.7 Å². The zero-order valence-electron chi connectivity index (χ0n) is 9.47. The van der Waals surface area contributed by atoms with E-state index in [0.29, 0.717) is 11.7 Å². The standard InChI is InChI=1S/C13H19NO2/c15-10-12-4-2-6-14(9-12)8-11-3-1-5-13(16)7-11/h1,3,5,7,12,15-16H,2,4,6,8-10H2/t12-/m1/s1. The highest BCUT2D eigenvalue weighted by molar-refractivity contribution is 5.27. The van der Waals surface area contributed by atoms with Crippen LogP contribution in [0.1, 0.15) is 18.4 Å². The molecule has 1 aromatic rings. The number of aliphatic hydroxyl groups is 1. The number of nitrogens with zero attached hydrogens (tertiary/aromatic N) is 1. The number of hydrogen-bond donors (Lipinski definition) is 2. The molecule has 1 fully saturated rings. The molecule has 0 spiro atoms. The molecular formula is C13H19NO2. The molecule has 0 unspecified atom stereocenters. The average Bonchev–Trinajstić information content (AvgIpc) is 2.29. The minimum Gasteiger partial charge on any atom is -0.508 e. The number of aromatic hydroxyl groups is 1. The summed E-state index contributed by atoms with van der Waals surface area (Å²) in [6, 6.07) is 7.40. The van der Waals surface area contributed by atoms with E-state index in [4.69, 9.17) is 5.11 Å². The van der Waals surface area contributed by atoms with Crippen LogP contribution in [0.25, 0.3) is 0 Å². The van der Waals surface area contributed by atoms with Crippen molar-refractivity contribution in [2.24, 2.45) is 5.92 Å². The highest BCUT2D eigenvalue weighted by Crippen LogP contribution is 2.19. The van der Waals surface area contributed by atoms with Crippen LogP contribution in [0.15, 0.2) is 24.3 Å². The second-order valence-corrected chi connectivity index (χ2v) is 4.60. The molecule has 2 rings (SSSR count). The fraction of sp³-hybridized carbons (Fsp3) is 0.538. The minimum absolute atomic E-state index is 0.288. The molecular weight excluding hydrogens is 202 g/mol. The Morgan fingerprint density at radius 3 is 3.00 bits per heavy atom. The van der Waals surface area contributed by atoms with Gasteiger partial charge in [0.2, 0.25) is 0 Å². The summed E-state index contributed by atoms with van der Waals surface area (Å²) in [6.07, 6.45) is 2.29. The lowest BCUT2D eigenvalue weighted by Crippen LogP contribution is -2.36. The second-order valence-electron chi connectivity index (χ2n) is 4.60. The molecule has 0 saturated carbocycles. The first kappa shape index (κ1) is 11.4. The van der Waals surface area contributed by atoms with Gasteiger partial charge in [-0.3, -0.25) is 4.90 Å². The number of hydrogen-bond acceptors (Lipinski definition) is 3. The first-order valence-electron chi connectivity index (χ1n) is 5.89. The molecule has 1 aromatic carbocycles. The fourth-order valence-corrected chi connectivity index (χ4v) is 2.36. The molecule has 1 aliphatic rings. The normalized spacial score (nSPS) is 22.2. The first-order chi connectivity index (χ1) is 7.78. The Hall–Kier alpha value is -1.06. The summed E-state index contributed by atoms with van der Waals surface area (Å²) in [4.78, 5) is 2.35. The highest BCUT2D eigenvalue weighted by Gasteiger charge is 2.18. The van der Waals surface area contributed by atoms with Crippen LogP contribution in [0.3, 0.4) is 0 Å². The van der Waals surface area contributed by atoms with Crippen molar-refractivity contribution in [3.8, 4) is 5.75 Å². The zero-order chi connectivity index (χ0) is 11.4. The molecule has 0 aromatic heterocycles. The SMILES string of the molecule is OC[C@@H]1CCCN(Cc2cccc(O)c2)C1. The number of benzene rings is 1. The van der Waals surface area contributed by atoms with Crippen molar-refractivity contribution in [2.45, 2.75) is 19.4 Å². The van der Waals surface area contributed by atoms with Crippen LogP contribution < -0.4 is 0 Å². The Bertz CT molecular complexity index is 340. The van der Waals surface area contributed by atoms with Crippen molar-refractivity contribution in [2.75, 3.05) is 19.7 Å². The number of rotatable bonds is 3. The summed E-state index contributed by atoms with van der Waals surface area (Å²) in [7, 11) is 0. The maximum atomic E-state index is 9.38. The van der Waals surface area contributed by atoms with Gasteiger partial charge < -0.3 is 10.2 Å². The molecule has 3 nitrogen and oxygen atoms in total. The predicted molar refractivity (Wildman–Crippen MR) is 63.2 cm³/mol. The molecule has 0 aliphatic carbocycles. The van der Waals surface area contributed by atoms with Crippen LogP contribution in [0, 0.1) is 5.92 Å². The highest BCUT2D eigenvalue weighted by atomic mass is 16.3. The van der Waals surface area contributed by atoms with Crippen molar-refractivity contribution in [3.05, 3.63) is 29.8 Å². The smallest absolute Gasteiger partial charge is 0.115 e. The van der Waals surface area contributed by atoms with Gasteiger partial charge in [0.15, 0.2) is 0 Å². The average molecular weight is 221 g/mol. The maximum Gasteiger partial charge on any atom is 0.115 e. The van der Waals surface area contributed by atoms with Gasteiger partial charge in [0.05, 0.1) is 0 Å². The number of piperidine rings is 1. The molecule has 0 amide bonds. The van der Waals surface area contributed by atoms with E-state index < -0.39 is 0 Å². The molecule has 3 heteroatoms.